The lowest BCUT2D eigenvalue weighted by atomic mass is 10.1. The molecule has 0 saturated carbocycles. The molecule has 0 unspecified atom stereocenters. The molecule has 0 N–H and O–H groups in total. The van der Waals surface area contributed by atoms with Gasteiger partial charge in [-0.3, -0.25) is 9.59 Å². The molecular formula is C26H32O8. The van der Waals surface area contributed by atoms with Gasteiger partial charge in [-0.15, -0.1) is 0 Å². The molecule has 0 aliphatic carbocycles. The fourth-order valence-corrected chi connectivity index (χ4v) is 3.28. The molecule has 1 aliphatic rings. The van der Waals surface area contributed by atoms with Crippen molar-refractivity contribution >= 4 is 11.6 Å². The standard InChI is InChI=1S/C26H32O8/c1-3-21(27)19-5-7-23-25(17-19)33-15-11-29-10-14-32-24-8-6-20(22(28)4-2)18-26(24)34-16-12-30-9-13-31-23/h5-8,17-18H,3-4,9-16H2,1-2H3. The summed E-state index contributed by atoms with van der Waals surface area (Å²) in [5.74, 6) is 2.14. The van der Waals surface area contributed by atoms with Crippen LogP contribution >= 0.6 is 0 Å². The highest BCUT2D eigenvalue weighted by atomic mass is 16.6. The van der Waals surface area contributed by atoms with Crippen molar-refractivity contribution < 1.29 is 38.0 Å². The van der Waals surface area contributed by atoms with Gasteiger partial charge in [-0.25, -0.2) is 0 Å². The molecule has 0 saturated heterocycles. The molecule has 0 spiro atoms. The number of benzene rings is 2. The van der Waals surface area contributed by atoms with E-state index < -0.39 is 0 Å². The average molecular weight is 473 g/mol. The van der Waals surface area contributed by atoms with Gasteiger partial charge in [0.05, 0.1) is 26.4 Å². The van der Waals surface area contributed by atoms with E-state index in [0.29, 0.717) is 99.8 Å². The molecule has 8 nitrogen and oxygen atoms in total. The van der Waals surface area contributed by atoms with Crippen LogP contribution in [-0.4, -0.2) is 64.4 Å². The molecule has 0 amide bonds. The van der Waals surface area contributed by atoms with Crippen LogP contribution in [0.3, 0.4) is 0 Å². The summed E-state index contributed by atoms with van der Waals surface area (Å²) < 4.78 is 34.5. The number of carbonyl (C=O) groups is 2. The third-order valence-electron chi connectivity index (χ3n) is 5.11. The van der Waals surface area contributed by atoms with Crippen molar-refractivity contribution in [2.24, 2.45) is 0 Å². The summed E-state index contributed by atoms with van der Waals surface area (Å²) in [5, 5.41) is 0. The summed E-state index contributed by atoms with van der Waals surface area (Å²) in [6.45, 7) is 6.21. The summed E-state index contributed by atoms with van der Waals surface area (Å²) >= 11 is 0. The molecule has 0 bridgehead atoms. The zero-order chi connectivity index (χ0) is 24.2. The van der Waals surface area contributed by atoms with Crippen molar-refractivity contribution in [3.05, 3.63) is 47.5 Å². The van der Waals surface area contributed by atoms with Crippen LogP contribution in [0.15, 0.2) is 36.4 Å². The summed E-state index contributed by atoms with van der Waals surface area (Å²) in [6.07, 6.45) is 0.829. The molecule has 0 fully saturated rings. The number of ether oxygens (including phenoxy) is 6. The fourth-order valence-electron chi connectivity index (χ4n) is 3.28. The molecule has 2 aromatic rings. The van der Waals surface area contributed by atoms with Crippen molar-refractivity contribution in [1.82, 2.24) is 0 Å². The second-order valence-electron chi connectivity index (χ2n) is 7.50. The third kappa shape index (κ3) is 7.46. The molecular weight excluding hydrogens is 440 g/mol. The first-order chi connectivity index (χ1) is 16.6. The highest BCUT2D eigenvalue weighted by molar-refractivity contribution is 5.97. The first-order valence-electron chi connectivity index (χ1n) is 11.6. The molecule has 0 atom stereocenters. The zero-order valence-electron chi connectivity index (χ0n) is 19.8. The van der Waals surface area contributed by atoms with Gasteiger partial charge < -0.3 is 28.4 Å². The average Bonchev–Trinajstić information content (AvgIpc) is 2.87. The van der Waals surface area contributed by atoms with Crippen LogP contribution in [0.1, 0.15) is 47.4 Å². The molecule has 0 radical (unpaired) electrons. The lowest BCUT2D eigenvalue weighted by Crippen LogP contribution is -2.15. The summed E-state index contributed by atoms with van der Waals surface area (Å²) in [6, 6.07) is 10.3. The Labute approximate surface area is 200 Å². The van der Waals surface area contributed by atoms with Crippen molar-refractivity contribution in [1.29, 1.82) is 0 Å². The maximum atomic E-state index is 12.1. The van der Waals surface area contributed by atoms with E-state index in [1.165, 1.54) is 0 Å². The number of ketones is 2. The first kappa shape index (κ1) is 25.5. The Hall–Kier alpha value is -3.10. The minimum Gasteiger partial charge on any atom is -0.487 e. The van der Waals surface area contributed by atoms with Gasteiger partial charge in [0.25, 0.3) is 0 Å². The van der Waals surface area contributed by atoms with Crippen LogP contribution in [0, 0.1) is 0 Å². The minimum absolute atomic E-state index is 0.0362. The molecule has 184 valence electrons. The third-order valence-corrected chi connectivity index (χ3v) is 5.11. The Morgan fingerprint density at radius 3 is 1.26 bits per heavy atom. The Balaban J connectivity index is 1.65. The van der Waals surface area contributed by atoms with E-state index in [-0.39, 0.29) is 11.6 Å². The summed E-state index contributed by atoms with van der Waals surface area (Å²) in [5.41, 5.74) is 1.16. The lowest BCUT2D eigenvalue weighted by Gasteiger charge is -2.16. The normalized spacial score (nSPS) is 15.6. The van der Waals surface area contributed by atoms with Crippen molar-refractivity contribution in [3.8, 4) is 23.0 Å². The van der Waals surface area contributed by atoms with Gasteiger partial charge in [0.1, 0.15) is 26.4 Å². The molecule has 1 heterocycles. The topological polar surface area (TPSA) is 89.5 Å². The second kappa shape index (κ2) is 13.6. The van der Waals surface area contributed by atoms with E-state index in [9.17, 15) is 9.59 Å². The number of fused-ring (bicyclic) bond motifs is 2. The van der Waals surface area contributed by atoms with Crippen molar-refractivity contribution in [3.63, 3.8) is 0 Å². The van der Waals surface area contributed by atoms with Crippen LogP contribution in [0.25, 0.3) is 0 Å². The van der Waals surface area contributed by atoms with Gasteiger partial charge in [0.2, 0.25) is 0 Å². The zero-order valence-corrected chi connectivity index (χ0v) is 19.8. The Kier molecular flexibility index (Phi) is 10.2. The maximum absolute atomic E-state index is 12.1. The molecule has 34 heavy (non-hydrogen) atoms. The Morgan fingerprint density at radius 2 is 0.912 bits per heavy atom. The first-order valence-corrected chi connectivity index (χ1v) is 11.6. The highest BCUT2D eigenvalue weighted by Gasteiger charge is 2.13. The van der Waals surface area contributed by atoms with Crippen LogP contribution < -0.4 is 18.9 Å². The lowest BCUT2D eigenvalue weighted by molar-refractivity contribution is 0.0639. The van der Waals surface area contributed by atoms with Gasteiger partial charge in [-0.2, -0.15) is 0 Å². The van der Waals surface area contributed by atoms with E-state index >= 15 is 0 Å². The summed E-state index contributed by atoms with van der Waals surface area (Å²) in [7, 11) is 0. The molecule has 2 aromatic carbocycles. The monoisotopic (exact) mass is 472 g/mol. The van der Waals surface area contributed by atoms with Crippen LogP contribution in [0.4, 0.5) is 0 Å². The van der Waals surface area contributed by atoms with E-state index in [4.69, 9.17) is 28.4 Å². The van der Waals surface area contributed by atoms with Crippen LogP contribution in [0.2, 0.25) is 0 Å². The SMILES string of the molecule is CCC(=O)c1ccc2c(c1)OCCOCCOc1ccc(C(=O)CC)cc1OCCOCCO2. The second-order valence-corrected chi connectivity index (χ2v) is 7.50. The highest BCUT2D eigenvalue weighted by Crippen LogP contribution is 2.30. The fraction of sp³-hybridized carbons (Fsp3) is 0.462. The predicted octanol–water partition coefficient (Wildman–Crippen LogP) is 4.13. The van der Waals surface area contributed by atoms with E-state index in [1.807, 2.05) is 13.8 Å². The van der Waals surface area contributed by atoms with Gasteiger partial charge >= 0.3 is 0 Å². The predicted molar refractivity (Wildman–Crippen MR) is 126 cm³/mol. The summed E-state index contributed by atoms with van der Waals surface area (Å²) in [4.78, 5) is 24.1. The van der Waals surface area contributed by atoms with Gasteiger partial charge in [0.15, 0.2) is 34.6 Å². The number of hydrogen-bond acceptors (Lipinski definition) is 8. The smallest absolute Gasteiger partial charge is 0.162 e. The molecule has 1 aliphatic heterocycles. The number of carbonyl (C=O) groups excluding carboxylic acids is 2. The quantitative estimate of drug-likeness (QED) is 0.614. The Morgan fingerprint density at radius 1 is 0.559 bits per heavy atom. The maximum Gasteiger partial charge on any atom is 0.162 e. The number of hydrogen-bond donors (Lipinski definition) is 0. The van der Waals surface area contributed by atoms with Crippen LogP contribution in [-0.2, 0) is 9.47 Å². The van der Waals surface area contributed by atoms with E-state index in [2.05, 4.69) is 0 Å². The van der Waals surface area contributed by atoms with Gasteiger partial charge in [0, 0.05) is 24.0 Å². The number of Topliss-reactive ketones (excluding diaryl/α,β-unsaturated/α-hetero) is 2. The van der Waals surface area contributed by atoms with E-state index in [1.54, 1.807) is 36.4 Å². The molecule has 0 aromatic heterocycles. The number of rotatable bonds is 4. The van der Waals surface area contributed by atoms with E-state index in [0.717, 1.165) is 0 Å². The van der Waals surface area contributed by atoms with Crippen LogP contribution in [0.5, 0.6) is 23.0 Å². The minimum atomic E-state index is 0.0362. The Bertz CT molecular complexity index is 878. The van der Waals surface area contributed by atoms with Crippen molar-refractivity contribution in [2.45, 2.75) is 26.7 Å². The largest absolute Gasteiger partial charge is 0.487 e. The van der Waals surface area contributed by atoms with Gasteiger partial charge in [-0.05, 0) is 36.4 Å². The van der Waals surface area contributed by atoms with Gasteiger partial charge in [-0.1, -0.05) is 13.8 Å². The molecule has 3 rings (SSSR count). The molecule has 8 heteroatoms. The van der Waals surface area contributed by atoms with Crippen molar-refractivity contribution in [2.75, 3.05) is 52.9 Å².